The van der Waals surface area contributed by atoms with Gasteiger partial charge in [0.25, 0.3) is 0 Å². The molecule has 3 unspecified atom stereocenters. The third-order valence-corrected chi connectivity index (χ3v) is 8.88. The summed E-state index contributed by atoms with van der Waals surface area (Å²) in [5.74, 6) is 0.544. The van der Waals surface area contributed by atoms with E-state index in [1.165, 1.54) is 30.4 Å². The second kappa shape index (κ2) is 6.21. The molecule has 1 nitrogen and oxygen atoms in total. The predicted octanol–water partition coefficient (Wildman–Crippen LogP) is 6.87. The van der Waals surface area contributed by atoms with E-state index in [1.54, 1.807) is 0 Å². The Hall–Kier alpha value is -2.59. The summed E-state index contributed by atoms with van der Waals surface area (Å²) in [7, 11) is 0. The van der Waals surface area contributed by atoms with Gasteiger partial charge in [0.2, 0.25) is 0 Å². The molecule has 0 amide bonds. The largest absolute Gasteiger partial charge is 0.198 e. The zero-order chi connectivity index (χ0) is 20.3. The van der Waals surface area contributed by atoms with Crippen LogP contribution in [-0.4, -0.2) is 0 Å². The molecule has 0 N–H and O–H groups in total. The minimum atomic E-state index is -0.213. The zero-order valence-electron chi connectivity index (χ0n) is 17.6. The lowest BCUT2D eigenvalue weighted by Gasteiger charge is -2.71. The molecule has 2 aromatic carbocycles. The van der Waals surface area contributed by atoms with Crippen LogP contribution < -0.4 is 0 Å². The fourth-order valence-corrected chi connectivity index (χ4v) is 8.46. The highest BCUT2D eigenvalue weighted by molar-refractivity contribution is 5.42. The highest BCUT2D eigenvalue weighted by Crippen LogP contribution is 2.76. The fourth-order valence-electron chi connectivity index (χ4n) is 8.46. The van der Waals surface area contributed by atoms with Crippen molar-refractivity contribution in [2.24, 2.45) is 16.7 Å². The van der Waals surface area contributed by atoms with Gasteiger partial charge in [0.05, 0.1) is 11.5 Å². The van der Waals surface area contributed by atoms with Crippen LogP contribution in [0.4, 0.5) is 0 Å². The molecular formula is C29H29N. The van der Waals surface area contributed by atoms with Gasteiger partial charge >= 0.3 is 0 Å². The van der Waals surface area contributed by atoms with Crippen molar-refractivity contribution in [3.8, 4) is 6.07 Å². The third-order valence-electron chi connectivity index (χ3n) is 8.88. The molecule has 150 valence electrons. The molecule has 3 atom stereocenters. The molecule has 4 fully saturated rings. The Bertz CT molecular complexity index is 999. The van der Waals surface area contributed by atoms with Gasteiger partial charge in [0.15, 0.2) is 0 Å². The average molecular weight is 392 g/mol. The van der Waals surface area contributed by atoms with Crippen LogP contribution in [0.3, 0.4) is 0 Å². The zero-order valence-corrected chi connectivity index (χ0v) is 17.6. The summed E-state index contributed by atoms with van der Waals surface area (Å²) in [5.41, 5.74) is 3.13. The number of nitriles is 1. The summed E-state index contributed by atoms with van der Waals surface area (Å²) >= 11 is 0. The third kappa shape index (κ3) is 2.46. The minimum Gasteiger partial charge on any atom is -0.198 e. The Morgan fingerprint density at radius 2 is 1.30 bits per heavy atom. The van der Waals surface area contributed by atoms with Gasteiger partial charge in [0, 0.05) is 0 Å². The van der Waals surface area contributed by atoms with E-state index >= 15 is 0 Å². The number of allylic oxidation sites excluding steroid dienone is 4. The maximum Gasteiger partial charge on any atom is 0.0690 e. The summed E-state index contributed by atoms with van der Waals surface area (Å²) in [5, 5.41) is 10.6. The van der Waals surface area contributed by atoms with Crippen molar-refractivity contribution in [3.05, 3.63) is 96.1 Å². The van der Waals surface area contributed by atoms with E-state index in [9.17, 15) is 5.26 Å². The maximum atomic E-state index is 10.6. The topological polar surface area (TPSA) is 23.8 Å². The number of benzene rings is 2. The van der Waals surface area contributed by atoms with Crippen LogP contribution >= 0.6 is 0 Å². The highest BCUT2D eigenvalue weighted by Gasteiger charge is 2.70. The Morgan fingerprint density at radius 1 is 0.700 bits per heavy atom. The first kappa shape index (κ1) is 18.2. The molecule has 0 aromatic heterocycles. The lowest BCUT2D eigenvalue weighted by Crippen LogP contribution is -2.65. The molecule has 4 bridgehead atoms. The molecule has 4 saturated carbocycles. The summed E-state index contributed by atoms with van der Waals surface area (Å²) < 4.78 is 0. The lowest BCUT2D eigenvalue weighted by atomic mass is 9.32. The van der Waals surface area contributed by atoms with Gasteiger partial charge in [0.1, 0.15) is 0 Å². The van der Waals surface area contributed by atoms with Gasteiger partial charge < -0.3 is 0 Å². The summed E-state index contributed by atoms with van der Waals surface area (Å²) in [4.78, 5) is 0. The number of hydrogen-bond donors (Lipinski definition) is 0. The molecule has 0 radical (unpaired) electrons. The van der Waals surface area contributed by atoms with Crippen LogP contribution in [0.2, 0.25) is 0 Å². The Balaban J connectivity index is 1.58. The van der Waals surface area contributed by atoms with Crippen LogP contribution in [0, 0.1) is 28.1 Å². The van der Waals surface area contributed by atoms with Crippen molar-refractivity contribution in [1.82, 2.24) is 0 Å². The molecule has 0 spiro atoms. The standard InChI is InChI=1S/C29H29N/c30-22-26-16-27(23-10-4-1-5-11-23)19-28(17-26,24-12-6-2-7-13-24)21-29(18-26,20-27)25-14-8-3-9-15-25/h1-14,25H,15-21H2. The molecule has 0 heterocycles. The molecular weight excluding hydrogens is 362 g/mol. The van der Waals surface area contributed by atoms with Crippen LogP contribution in [-0.2, 0) is 10.8 Å². The smallest absolute Gasteiger partial charge is 0.0690 e. The van der Waals surface area contributed by atoms with Crippen LogP contribution in [0.1, 0.15) is 56.1 Å². The first-order valence-electron chi connectivity index (χ1n) is 11.5. The number of rotatable bonds is 3. The molecule has 5 aliphatic carbocycles. The monoisotopic (exact) mass is 391 g/mol. The molecule has 0 aliphatic heterocycles. The first-order chi connectivity index (χ1) is 14.6. The van der Waals surface area contributed by atoms with Gasteiger partial charge in [-0.05, 0) is 78.2 Å². The van der Waals surface area contributed by atoms with Crippen LogP contribution in [0.5, 0.6) is 0 Å². The summed E-state index contributed by atoms with van der Waals surface area (Å²) in [6, 6.07) is 25.3. The molecule has 30 heavy (non-hydrogen) atoms. The van der Waals surface area contributed by atoms with E-state index in [4.69, 9.17) is 0 Å². The molecule has 2 aromatic rings. The average Bonchev–Trinajstić information content (AvgIpc) is 2.80. The van der Waals surface area contributed by atoms with Gasteiger partial charge in [-0.2, -0.15) is 5.26 Å². The van der Waals surface area contributed by atoms with Gasteiger partial charge in [-0.3, -0.25) is 0 Å². The van der Waals surface area contributed by atoms with E-state index in [-0.39, 0.29) is 21.7 Å². The van der Waals surface area contributed by atoms with Crippen molar-refractivity contribution >= 4 is 0 Å². The van der Waals surface area contributed by atoms with E-state index in [0.29, 0.717) is 5.92 Å². The highest BCUT2D eigenvalue weighted by atomic mass is 14.7. The Labute approximate surface area is 180 Å². The number of hydrogen-bond acceptors (Lipinski definition) is 1. The van der Waals surface area contributed by atoms with Crippen molar-refractivity contribution in [2.45, 2.75) is 55.8 Å². The van der Waals surface area contributed by atoms with Gasteiger partial charge in [-0.25, -0.2) is 0 Å². The molecule has 7 rings (SSSR count). The van der Waals surface area contributed by atoms with Crippen LogP contribution in [0.25, 0.3) is 0 Å². The molecule has 0 saturated heterocycles. The maximum absolute atomic E-state index is 10.6. The van der Waals surface area contributed by atoms with Crippen LogP contribution in [0.15, 0.2) is 85.0 Å². The van der Waals surface area contributed by atoms with Crippen molar-refractivity contribution in [1.29, 1.82) is 5.26 Å². The Kier molecular flexibility index (Phi) is 3.77. The quantitative estimate of drug-likeness (QED) is 0.560. The van der Waals surface area contributed by atoms with Crippen molar-refractivity contribution < 1.29 is 0 Å². The minimum absolute atomic E-state index is 0.108. The second-order valence-electron chi connectivity index (χ2n) is 10.8. The second-order valence-corrected chi connectivity index (χ2v) is 10.8. The SMILES string of the molecule is N#CC12CC3(c4ccccc4)CC(c4ccccc4)(C1)CC(C1C=CC=CC1)(C2)C3. The first-order valence-corrected chi connectivity index (χ1v) is 11.5. The van der Waals surface area contributed by atoms with E-state index < -0.39 is 0 Å². The van der Waals surface area contributed by atoms with Crippen molar-refractivity contribution in [2.75, 3.05) is 0 Å². The summed E-state index contributed by atoms with van der Waals surface area (Å²) in [6.45, 7) is 0. The molecule has 1 heteroatoms. The van der Waals surface area contributed by atoms with Crippen molar-refractivity contribution in [3.63, 3.8) is 0 Å². The van der Waals surface area contributed by atoms with E-state index in [2.05, 4.69) is 91.0 Å². The van der Waals surface area contributed by atoms with E-state index in [1.807, 2.05) is 0 Å². The summed E-state index contributed by atoms with van der Waals surface area (Å²) in [6.07, 6.45) is 17.1. The molecule has 5 aliphatic rings. The number of nitrogens with zero attached hydrogens (tertiary/aromatic N) is 1. The van der Waals surface area contributed by atoms with Gasteiger partial charge in [-0.15, -0.1) is 0 Å². The van der Waals surface area contributed by atoms with E-state index in [0.717, 1.165) is 25.7 Å². The van der Waals surface area contributed by atoms with Gasteiger partial charge in [-0.1, -0.05) is 85.0 Å². The Morgan fingerprint density at radius 3 is 1.80 bits per heavy atom. The predicted molar refractivity (Wildman–Crippen MR) is 121 cm³/mol. The lowest BCUT2D eigenvalue weighted by molar-refractivity contribution is -0.136. The normalized spacial score (nSPS) is 41.0. The fraction of sp³-hybridized carbons (Fsp3) is 0.414.